The van der Waals surface area contributed by atoms with Gasteiger partial charge < -0.3 is 5.32 Å². The van der Waals surface area contributed by atoms with Crippen LogP contribution in [0.3, 0.4) is 0 Å². The fourth-order valence-electron chi connectivity index (χ4n) is 2.58. The van der Waals surface area contributed by atoms with Gasteiger partial charge >= 0.3 is 0 Å². The third-order valence-corrected chi connectivity index (χ3v) is 3.56. The Morgan fingerprint density at radius 2 is 1.80 bits per heavy atom. The van der Waals surface area contributed by atoms with Gasteiger partial charge in [0, 0.05) is 30.6 Å². The highest BCUT2D eigenvalue weighted by molar-refractivity contribution is 5.90. The molecule has 0 spiro atoms. The molecule has 1 N–H and O–H groups in total. The first-order valence-corrected chi connectivity index (χ1v) is 7.29. The van der Waals surface area contributed by atoms with Crippen molar-refractivity contribution < 1.29 is 0 Å². The molecule has 0 radical (unpaired) electrons. The molecule has 0 bridgehead atoms. The van der Waals surface area contributed by atoms with E-state index in [1.807, 2.05) is 18.2 Å². The van der Waals surface area contributed by atoms with Gasteiger partial charge in [-0.2, -0.15) is 10.2 Å². The number of aromatic nitrogens is 2. The number of nitrogens with zero attached hydrogens (tertiary/aromatic N) is 3. The lowest BCUT2D eigenvalue weighted by atomic mass is 10.2. The second-order valence-corrected chi connectivity index (χ2v) is 5.63. The van der Waals surface area contributed by atoms with Gasteiger partial charge in [-0.3, -0.25) is 4.90 Å². The molecular weight excluding hydrogens is 248 g/mol. The van der Waals surface area contributed by atoms with E-state index >= 15 is 0 Å². The van der Waals surface area contributed by atoms with E-state index in [0.29, 0.717) is 12.1 Å². The second-order valence-electron chi connectivity index (χ2n) is 5.63. The van der Waals surface area contributed by atoms with E-state index < -0.39 is 0 Å². The number of nitrogens with one attached hydrogen (secondary N) is 1. The molecule has 0 fully saturated rings. The monoisotopic (exact) mass is 272 g/mol. The third-order valence-electron chi connectivity index (χ3n) is 3.56. The Kier molecular flexibility index (Phi) is 4.90. The molecule has 20 heavy (non-hydrogen) atoms. The van der Waals surface area contributed by atoms with E-state index in [-0.39, 0.29) is 0 Å². The molecule has 0 aliphatic heterocycles. The fourth-order valence-corrected chi connectivity index (χ4v) is 2.58. The largest absolute Gasteiger partial charge is 0.382 e. The predicted molar refractivity (Wildman–Crippen MR) is 85.0 cm³/mol. The maximum absolute atomic E-state index is 4.14. The number of hydrogen-bond donors (Lipinski definition) is 1. The summed E-state index contributed by atoms with van der Waals surface area (Å²) < 4.78 is 0. The van der Waals surface area contributed by atoms with Crippen LogP contribution in [0.2, 0.25) is 0 Å². The van der Waals surface area contributed by atoms with Crippen LogP contribution >= 0.6 is 0 Å². The summed E-state index contributed by atoms with van der Waals surface area (Å²) in [6.07, 6.45) is 1.80. The zero-order valence-corrected chi connectivity index (χ0v) is 12.8. The van der Waals surface area contributed by atoms with E-state index in [9.17, 15) is 0 Å². The molecule has 0 saturated heterocycles. The molecule has 4 heteroatoms. The van der Waals surface area contributed by atoms with Crippen LogP contribution in [-0.4, -0.2) is 40.3 Å². The maximum Gasteiger partial charge on any atom is 0.0950 e. The summed E-state index contributed by atoms with van der Waals surface area (Å²) in [5.74, 6) is 0. The molecular formula is C16H24N4. The third kappa shape index (κ3) is 3.45. The summed E-state index contributed by atoms with van der Waals surface area (Å²) in [4.78, 5) is 2.48. The van der Waals surface area contributed by atoms with Gasteiger partial charge in [0.1, 0.15) is 0 Å². The minimum absolute atomic E-state index is 0.559. The lowest BCUT2D eigenvalue weighted by Gasteiger charge is -2.30. The molecule has 0 amide bonds. The molecule has 108 valence electrons. The highest BCUT2D eigenvalue weighted by Crippen LogP contribution is 2.19. The Hall–Kier alpha value is -1.68. The van der Waals surface area contributed by atoms with Crippen molar-refractivity contribution in [1.29, 1.82) is 0 Å². The Bertz CT molecular complexity index is 538. The first kappa shape index (κ1) is 14.7. The van der Waals surface area contributed by atoms with Crippen LogP contribution < -0.4 is 5.32 Å². The Balaban J connectivity index is 2.03. The van der Waals surface area contributed by atoms with E-state index in [1.54, 1.807) is 6.20 Å². The SMILES string of the molecule is CC(C)N(CCNc1cnnc2ccccc12)C(C)C. The molecule has 0 aliphatic rings. The van der Waals surface area contributed by atoms with Crippen molar-refractivity contribution in [3.8, 4) is 0 Å². The van der Waals surface area contributed by atoms with Gasteiger partial charge in [-0.05, 0) is 33.8 Å². The molecule has 2 rings (SSSR count). The van der Waals surface area contributed by atoms with Crippen molar-refractivity contribution >= 4 is 16.6 Å². The van der Waals surface area contributed by atoms with Gasteiger partial charge in [0.25, 0.3) is 0 Å². The lowest BCUT2D eigenvalue weighted by molar-refractivity contribution is 0.182. The van der Waals surface area contributed by atoms with Gasteiger partial charge in [-0.25, -0.2) is 0 Å². The Labute approximate surface area is 121 Å². The van der Waals surface area contributed by atoms with Crippen molar-refractivity contribution in [2.75, 3.05) is 18.4 Å². The topological polar surface area (TPSA) is 41.0 Å². The van der Waals surface area contributed by atoms with Crippen molar-refractivity contribution in [2.45, 2.75) is 39.8 Å². The number of fused-ring (bicyclic) bond motifs is 1. The van der Waals surface area contributed by atoms with Gasteiger partial charge in [0.15, 0.2) is 0 Å². The van der Waals surface area contributed by atoms with Crippen molar-refractivity contribution in [3.63, 3.8) is 0 Å². The molecule has 0 aliphatic carbocycles. The normalized spacial score (nSPS) is 11.8. The summed E-state index contributed by atoms with van der Waals surface area (Å²) >= 11 is 0. The molecule has 1 aromatic heterocycles. The summed E-state index contributed by atoms with van der Waals surface area (Å²) in [5, 5.41) is 12.8. The highest BCUT2D eigenvalue weighted by atomic mass is 15.2. The maximum atomic E-state index is 4.14. The summed E-state index contributed by atoms with van der Waals surface area (Å²) in [6.45, 7) is 10.9. The van der Waals surface area contributed by atoms with E-state index in [0.717, 1.165) is 29.7 Å². The van der Waals surface area contributed by atoms with E-state index in [2.05, 4.69) is 54.2 Å². The second kappa shape index (κ2) is 6.66. The number of hydrogen-bond acceptors (Lipinski definition) is 4. The Morgan fingerprint density at radius 3 is 2.50 bits per heavy atom. The fraction of sp³-hybridized carbons (Fsp3) is 0.500. The molecule has 4 nitrogen and oxygen atoms in total. The van der Waals surface area contributed by atoms with Crippen LogP contribution in [0.1, 0.15) is 27.7 Å². The van der Waals surface area contributed by atoms with Gasteiger partial charge in [0.2, 0.25) is 0 Å². The average Bonchev–Trinajstić information content (AvgIpc) is 2.42. The molecule has 0 atom stereocenters. The first-order chi connectivity index (χ1) is 9.59. The van der Waals surface area contributed by atoms with E-state index in [4.69, 9.17) is 0 Å². The standard InChI is InChI=1S/C16H24N4/c1-12(2)20(13(3)4)10-9-17-16-11-18-19-15-8-6-5-7-14(15)16/h5-8,11-13H,9-10H2,1-4H3,(H,17,19). The average molecular weight is 272 g/mol. The summed E-state index contributed by atoms with van der Waals surface area (Å²) in [7, 11) is 0. The molecule has 0 saturated carbocycles. The van der Waals surface area contributed by atoms with Crippen molar-refractivity contribution in [2.24, 2.45) is 0 Å². The highest BCUT2D eigenvalue weighted by Gasteiger charge is 2.12. The minimum Gasteiger partial charge on any atom is -0.382 e. The first-order valence-electron chi connectivity index (χ1n) is 7.29. The molecule has 1 heterocycles. The van der Waals surface area contributed by atoms with Crippen LogP contribution in [0.25, 0.3) is 10.9 Å². The minimum atomic E-state index is 0.559. The van der Waals surface area contributed by atoms with Crippen molar-refractivity contribution in [3.05, 3.63) is 30.5 Å². The molecule has 2 aromatic rings. The van der Waals surface area contributed by atoms with Gasteiger partial charge in [-0.15, -0.1) is 0 Å². The van der Waals surface area contributed by atoms with Gasteiger partial charge in [-0.1, -0.05) is 18.2 Å². The van der Waals surface area contributed by atoms with Crippen LogP contribution in [0, 0.1) is 0 Å². The molecule has 0 unspecified atom stereocenters. The van der Waals surface area contributed by atoms with Gasteiger partial charge in [0.05, 0.1) is 17.4 Å². The number of rotatable bonds is 6. The van der Waals surface area contributed by atoms with Crippen LogP contribution in [0.4, 0.5) is 5.69 Å². The van der Waals surface area contributed by atoms with Crippen LogP contribution in [0.5, 0.6) is 0 Å². The van der Waals surface area contributed by atoms with Crippen molar-refractivity contribution in [1.82, 2.24) is 15.1 Å². The summed E-state index contributed by atoms with van der Waals surface area (Å²) in [5.41, 5.74) is 1.99. The molecule has 1 aromatic carbocycles. The quantitative estimate of drug-likeness (QED) is 0.877. The summed E-state index contributed by atoms with van der Waals surface area (Å²) in [6, 6.07) is 9.20. The smallest absolute Gasteiger partial charge is 0.0950 e. The van der Waals surface area contributed by atoms with Crippen LogP contribution in [-0.2, 0) is 0 Å². The number of benzene rings is 1. The lowest BCUT2D eigenvalue weighted by Crippen LogP contribution is -2.40. The number of anilines is 1. The van der Waals surface area contributed by atoms with E-state index in [1.165, 1.54) is 0 Å². The predicted octanol–water partition coefficient (Wildman–Crippen LogP) is 3.16. The van der Waals surface area contributed by atoms with Crippen LogP contribution in [0.15, 0.2) is 30.5 Å². The zero-order valence-electron chi connectivity index (χ0n) is 12.8. The zero-order chi connectivity index (χ0) is 14.5. The Morgan fingerprint density at radius 1 is 1.10 bits per heavy atom.